The molecule has 4 nitrogen and oxygen atoms in total. The highest BCUT2D eigenvalue weighted by atomic mass is 32.2. The number of sulfonamides is 1. The van der Waals surface area contributed by atoms with Crippen LogP contribution in [0.4, 0.5) is 0 Å². The summed E-state index contributed by atoms with van der Waals surface area (Å²) in [6.07, 6.45) is 0.942. The summed E-state index contributed by atoms with van der Waals surface area (Å²) in [6, 6.07) is 14.6. The monoisotopic (exact) mass is 343 g/mol. The van der Waals surface area contributed by atoms with Crippen LogP contribution in [0.5, 0.6) is 0 Å². The number of aliphatic hydroxyl groups excluding tert-OH is 1. The lowest BCUT2D eigenvalue weighted by atomic mass is 9.97. The highest BCUT2D eigenvalue weighted by Crippen LogP contribution is 2.27. The first-order valence-corrected chi connectivity index (χ1v) is 9.33. The van der Waals surface area contributed by atoms with Crippen LogP contribution < -0.4 is 0 Å². The van der Waals surface area contributed by atoms with Gasteiger partial charge in [0.1, 0.15) is 0 Å². The average Bonchev–Trinajstić information content (AvgIpc) is 2.55. The Balaban J connectivity index is 1.95. The number of nitrogens with zero attached hydrogens (tertiary/aromatic N) is 1. The summed E-state index contributed by atoms with van der Waals surface area (Å²) in [5.74, 6) is 0. The van der Waals surface area contributed by atoms with E-state index in [1.807, 2.05) is 38.1 Å². The van der Waals surface area contributed by atoms with Crippen LogP contribution in [0.1, 0.15) is 16.7 Å². The van der Waals surface area contributed by atoms with Gasteiger partial charge in [0.25, 0.3) is 0 Å². The fourth-order valence-electron chi connectivity index (χ4n) is 2.95. The molecule has 1 atom stereocenters. The maximum Gasteiger partial charge on any atom is 0.243 e. The summed E-state index contributed by atoms with van der Waals surface area (Å²) in [5, 5.41) is 10.2. The standard InChI is InChI=1S/C19H21NO3S/c1-14-7-9-18(10-8-14)24(22,23)20-12-16(11-17(21)13-20)19-6-4-3-5-15(19)2/h3-11,17,21H,12-13H2,1-2H3. The summed E-state index contributed by atoms with van der Waals surface area (Å²) < 4.78 is 27.1. The minimum atomic E-state index is -3.63. The van der Waals surface area contributed by atoms with Crippen molar-refractivity contribution in [3.63, 3.8) is 0 Å². The molecule has 0 amide bonds. The predicted octanol–water partition coefficient (Wildman–Crippen LogP) is 2.75. The van der Waals surface area contributed by atoms with Crippen molar-refractivity contribution in [3.05, 3.63) is 71.3 Å². The Hall–Kier alpha value is -1.95. The lowest BCUT2D eigenvalue weighted by Crippen LogP contribution is -2.41. The van der Waals surface area contributed by atoms with E-state index in [1.54, 1.807) is 30.3 Å². The average molecular weight is 343 g/mol. The molecule has 1 aliphatic rings. The molecule has 0 aromatic heterocycles. The van der Waals surface area contributed by atoms with Gasteiger partial charge in [-0.2, -0.15) is 4.31 Å². The zero-order valence-corrected chi connectivity index (χ0v) is 14.6. The zero-order valence-electron chi connectivity index (χ0n) is 13.8. The van der Waals surface area contributed by atoms with Gasteiger partial charge in [0.2, 0.25) is 10.0 Å². The Morgan fingerprint density at radius 3 is 2.38 bits per heavy atom. The first kappa shape index (κ1) is 16.9. The maximum absolute atomic E-state index is 12.9. The molecule has 0 saturated carbocycles. The molecule has 1 unspecified atom stereocenters. The van der Waals surface area contributed by atoms with Gasteiger partial charge in [0.05, 0.1) is 11.0 Å². The number of rotatable bonds is 3. The molecule has 5 heteroatoms. The van der Waals surface area contributed by atoms with Gasteiger partial charge in [-0.1, -0.05) is 42.0 Å². The molecular weight excluding hydrogens is 322 g/mol. The molecule has 0 bridgehead atoms. The van der Waals surface area contributed by atoms with Crippen LogP contribution in [-0.2, 0) is 10.0 Å². The third-order valence-corrected chi connectivity index (χ3v) is 6.11. The molecular formula is C19H21NO3S. The van der Waals surface area contributed by atoms with Crippen molar-refractivity contribution in [3.8, 4) is 0 Å². The minimum Gasteiger partial charge on any atom is -0.388 e. The van der Waals surface area contributed by atoms with Gasteiger partial charge in [-0.05, 0) is 48.8 Å². The van der Waals surface area contributed by atoms with Gasteiger partial charge < -0.3 is 5.11 Å². The SMILES string of the molecule is Cc1ccc(S(=O)(=O)N2CC(c3ccccc3C)=CC(O)C2)cc1. The second-order valence-electron chi connectivity index (χ2n) is 6.18. The van der Waals surface area contributed by atoms with Gasteiger partial charge in [0, 0.05) is 13.1 Å². The number of hydrogen-bond acceptors (Lipinski definition) is 3. The first-order valence-electron chi connectivity index (χ1n) is 7.89. The molecule has 2 aromatic rings. The number of benzene rings is 2. The Kier molecular flexibility index (Phi) is 4.58. The van der Waals surface area contributed by atoms with Crippen molar-refractivity contribution in [2.24, 2.45) is 0 Å². The fourth-order valence-corrected chi connectivity index (χ4v) is 4.39. The Morgan fingerprint density at radius 2 is 1.71 bits per heavy atom. The van der Waals surface area contributed by atoms with Gasteiger partial charge >= 0.3 is 0 Å². The third kappa shape index (κ3) is 3.29. The van der Waals surface area contributed by atoms with E-state index in [0.29, 0.717) is 0 Å². The largest absolute Gasteiger partial charge is 0.388 e. The Bertz CT molecular complexity index is 870. The van der Waals surface area contributed by atoms with E-state index in [4.69, 9.17) is 0 Å². The van der Waals surface area contributed by atoms with E-state index in [0.717, 1.165) is 22.3 Å². The maximum atomic E-state index is 12.9. The third-order valence-electron chi connectivity index (χ3n) is 4.28. The van der Waals surface area contributed by atoms with E-state index in [1.165, 1.54) is 4.31 Å². The van der Waals surface area contributed by atoms with Gasteiger partial charge in [-0.15, -0.1) is 0 Å². The molecule has 1 aliphatic heterocycles. The topological polar surface area (TPSA) is 57.6 Å². The van der Waals surface area contributed by atoms with Gasteiger partial charge in [-0.25, -0.2) is 8.42 Å². The molecule has 1 heterocycles. The molecule has 2 aromatic carbocycles. The van der Waals surface area contributed by atoms with Gasteiger partial charge in [-0.3, -0.25) is 0 Å². The number of hydrogen-bond donors (Lipinski definition) is 1. The summed E-state index contributed by atoms with van der Waals surface area (Å²) in [5.41, 5.74) is 3.88. The van der Waals surface area contributed by atoms with Crippen LogP contribution in [-0.4, -0.2) is 37.0 Å². The van der Waals surface area contributed by atoms with Crippen molar-refractivity contribution in [1.29, 1.82) is 0 Å². The minimum absolute atomic E-state index is 0.0750. The van der Waals surface area contributed by atoms with E-state index >= 15 is 0 Å². The van der Waals surface area contributed by atoms with Crippen LogP contribution in [0, 0.1) is 13.8 Å². The van der Waals surface area contributed by atoms with Crippen molar-refractivity contribution in [1.82, 2.24) is 4.31 Å². The van der Waals surface area contributed by atoms with Crippen LogP contribution in [0.25, 0.3) is 5.57 Å². The second kappa shape index (κ2) is 6.51. The van der Waals surface area contributed by atoms with Crippen molar-refractivity contribution in [2.45, 2.75) is 24.8 Å². The number of aryl methyl sites for hydroxylation is 2. The summed E-state index contributed by atoms with van der Waals surface area (Å²) in [4.78, 5) is 0.256. The quantitative estimate of drug-likeness (QED) is 0.932. The van der Waals surface area contributed by atoms with E-state index in [-0.39, 0.29) is 18.0 Å². The Morgan fingerprint density at radius 1 is 1.04 bits per heavy atom. The number of aliphatic hydroxyl groups is 1. The van der Waals surface area contributed by atoms with Crippen molar-refractivity contribution < 1.29 is 13.5 Å². The highest BCUT2D eigenvalue weighted by Gasteiger charge is 2.30. The molecule has 0 spiro atoms. The van der Waals surface area contributed by atoms with E-state index in [9.17, 15) is 13.5 Å². The fraction of sp³-hybridized carbons (Fsp3) is 0.263. The number of β-amino-alcohol motifs (C(OH)–C–C–N with tert-alkyl or cyclic N) is 1. The molecule has 24 heavy (non-hydrogen) atoms. The molecule has 0 radical (unpaired) electrons. The molecule has 1 N–H and O–H groups in total. The Labute approximate surface area is 143 Å². The summed E-state index contributed by atoms with van der Waals surface area (Å²) in [6.45, 7) is 4.24. The first-order chi connectivity index (χ1) is 11.4. The molecule has 126 valence electrons. The van der Waals surface area contributed by atoms with Crippen molar-refractivity contribution in [2.75, 3.05) is 13.1 Å². The van der Waals surface area contributed by atoms with Crippen LogP contribution in [0.15, 0.2) is 59.5 Å². The van der Waals surface area contributed by atoms with E-state index in [2.05, 4.69) is 0 Å². The normalized spacial score (nSPS) is 19.1. The lowest BCUT2D eigenvalue weighted by molar-refractivity contribution is 0.186. The highest BCUT2D eigenvalue weighted by molar-refractivity contribution is 7.89. The van der Waals surface area contributed by atoms with Crippen molar-refractivity contribution >= 4 is 15.6 Å². The summed E-state index contributed by atoms with van der Waals surface area (Å²) in [7, 11) is -3.63. The van der Waals surface area contributed by atoms with Crippen LogP contribution in [0.2, 0.25) is 0 Å². The smallest absolute Gasteiger partial charge is 0.243 e. The molecule has 0 fully saturated rings. The zero-order chi connectivity index (χ0) is 17.3. The lowest BCUT2D eigenvalue weighted by Gasteiger charge is -2.30. The predicted molar refractivity (Wildman–Crippen MR) is 95.1 cm³/mol. The molecule has 0 saturated heterocycles. The van der Waals surface area contributed by atoms with Crippen LogP contribution >= 0.6 is 0 Å². The van der Waals surface area contributed by atoms with Gasteiger partial charge in [0.15, 0.2) is 0 Å². The molecule has 0 aliphatic carbocycles. The second-order valence-corrected chi connectivity index (χ2v) is 8.12. The summed E-state index contributed by atoms with van der Waals surface area (Å²) >= 11 is 0. The van der Waals surface area contributed by atoms with Crippen LogP contribution in [0.3, 0.4) is 0 Å². The van der Waals surface area contributed by atoms with E-state index < -0.39 is 16.1 Å². The molecule has 3 rings (SSSR count).